The maximum Gasteiger partial charge on any atom is 0.305 e. The third-order valence-electron chi connectivity index (χ3n) is 2.33. The van der Waals surface area contributed by atoms with Crippen molar-refractivity contribution in [2.75, 3.05) is 6.61 Å². The molecule has 78 valence electrons. The Morgan fingerprint density at radius 2 is 2.00 bits per heavy atom. The van der Waals surface area contributed by atoms with Crippen LogP contribution in [-0.2, 0) is 9.53 Å². The van der Waals surface area contributed by atoms with Crippen LogP contribution in [-0.4, -0.2) is 12.6 Å². The van der Waals surface area contributed by atoms with E-state index in [1.165, 1.54) is 12.8 Å². The highest BCUT2D eigenvalue weighted by Gasteiger charge is 2.02. The van der Waals surface area contributed by atoms with Crippen LogP contribution in [0.2, 0.25) is 0 Å². The molecule has 1 atom stereocenters. The highest BCUT2D eigenvalue weighted by atomic mass is 16.5. The summed E-state index contributed by atoms with van der Waals surface area (Å²) < 4.78 is 4.84. The molecule has 0 bridgehead atoms. The largest absolute Gasteiger partial charge is 0.466 e. The predicted octanol–water partition coefficient (Wildman–Crippen LogP) is 3.16. The molecular weight excluding hydrogens is 164 g/mol. The van der Waals surface area contributed by atoms with Gasteiger partial charge in [0.2, 0.25) is 0 Å². The van der Waals surface area contributed by atoms with Crippen LogP contribution in [0.5, 0.6) is 0 Å². The van der Waals surface area contributed by atoms with Crippen molar-refractivity contribution in [2.24, 2.45) is 5.92 Å². The van der Waals surface area contributed by atoms with Gasteiger partial charge in [-0.05, 0) is 19.3 Å². The Morgan fingerprint density at radius 1 is 1.31 bits per heavy atom. The topological polar surface area (TPSA) is 26.3 Å². The second-order valence-electron chi connectivity index (χ2n) is 3.56. The van der Waals surface area contributed by atoms with Gasteiger partial charge in [0.15, 0.2) is 0 Å². The first-order valence-electron chi connectivity index (χ1n) is 5.36. The average Bonchev–Trinajstić information content (AvgIpc) is 2.12. The molecule has 0 saturated heterocycles. The summed E-state index contributed by atoms with van der Waals surface area (Å²) in [4.78, 5) is 10.9. The molecule has 0 aromatic rings. The fourth-order valence-corrected chi connectivity index (χ4v) is 1.20. The summed E-state index contributed by atoms with van der Waals surface area (Å²) in [5.74, 6) is 0.744. The van der Waals surface area contributed by atoms with Crippen LogP contribution < -0.4 is 0 Å². The molecular formula is C11H22O2. The van der Waals surface area contributed by atoms with Crippen molar-refractivity contribution in [3.05, 3.63) is 0 Å². The minimum absolute atomic E-state index is 0.0494. The fourth-order valence-electron chi connectivity index (χ4n) is 1.20. The van der Waals surface area contributed by atoms with E-state index >= 15 is 0 Å². The molecule has 0 aliphatic heterocycles. The quantitative estimate of drug-likeness (QED) is 0.451. The molecule has 0 aromatic heterocycles. The first-order chi connectivity index (χ1) is 6.20. The van der Waals surface area contributed by atoms with Crippen LogP contribution in [0.1, 0.15) is 52.9 Å². The number of carbonyl (C=O) groups excluding carboxylic acids is 1. The predicted molar refractivity (Wildman–Crippen MR) is 54.6 cm³/mol. The van der Waals surface area contributed by atoms with Crippen LogP contribution in [0.3, 0.4) is 0 Å². The molecule has 0 aliphatic rings. The molecule has 0 N–H and O–H groups in total. The summed E-state index contributed by atoms with van der Waals surface area (Å²) in [6, 6.07) is 0. The molecule has 0 saturated carbocycles. The molecule has 2 heteroatoms. The Morgan fingerprint density at radius 3 is 2.54 bits per heavy atom. The molecule has 0 aromatic carbocycles. The molecule has 0 fully saturated rings. The van der Waals surface area contributed by atoms with Crippen LogP contribution >= 0.6 is 0 Å². The lowest BCUT2D eigenvalue weighted by Crippen LogP contribution is -2.03. The summed E-state index contributed by atoms with van der Waals surface area (Å²) in [7, 11) is 0. The van der Waals surface area contributed by atoms with Crippen molar-refractivity contribution in [1.29, 1.82) is 0 Å². The smallest absolute Gasteiger partial charge is 0.305 e. The van der Waals surface area contributed by atoms with E-state index in [-0.39, 0.29) is 5.97 Å². The molecule has 2 nitrogen and oxygen atoms in total. The lowest BCUT2D eigenvalue weighted by atomic mass is 10.0. The number of unbranched alkanes of at least 4 members (excludes halogenated alkanes) is 1. The fraction of sp³-hybridized carbons (Fsp3) is 0.909. The number of rotatable bonds is 7. The van der Waals surface area contributed by atoms with Gasteiger partial charge in [-0.1, -0.05) is 33.1 Å². The summed E-state index contributed by atoms with van der Waals surface area (Å²) in [5.41, 5.74) is 0. The van der Waals surface area contributed by atoms with E-state index in [1.54, 1.807) is 0 Å². The van der Waals surface area contributed by atoms with Gasteiger partial charge in [-0.15, -0.1) is 0 Å². The Labute approximate surface area is 81.7 Å². The lowest BCUT2D eigenvalue weighted by molar-refractivity contribution is -0.143. The van der Waals surface area contributed by atoms with Gasteiger partial charge in [0.25, 0.3) is 0 Å². The van der Waals surface area contributed by atoms with Crippen LogP contribution in [0.25, 0.3) is 0 Å². The summed E-state index contributed by atoms with van der Waals surface area (Å²) in [5, 5.41) is 0. The third-order valence-corrected chi connectivity index (χ3v) is 2.33. The number of esters is 1. The zero-order valence-electron chi connectivity index (χ0n) is 9.14. The van der Waals surface area contributed by atoms with Crippen molar-refractivity contribution < 1.29 is 9.53 Å². The normalized spacial score (nSPS) is 12.5. The third kappa shape index (κ3) is 7.82. The minimum atomic E-state index is -0.0494. The van der Waals surface area contributed by atoms with E-state index in [1.807, 2.05) is 6.92 Å². The second kappa shape index (κ2) is 8.09. The molecule has 13 heavy (non-hydrogen) atoms. The van der Waals surface area contributed by atoms with E-state index in [9.17, 15) is 4.79 Å². The molecule has 0 aliphatic carbocycles. The summed E-state index contributed by atoms with van der Waals surface area (Å²) in [6.07, 6.45) is 5.18. The first-order valence-corrected chi connectivity index (χ1v) is 5.36. The van der Waals surface area contributed by atoms with Gasteiger partial charge in [0, 0.05) is 6.42 Å². The maximum absolute atomic E-state index is 10.9. The Kier molecular flexibility index (Phi) is 7.76. The average molecular weight is 186 g/mol. The van der Waals surface area contributed by atoms with Gasteiger partial charge in [0.1, 0.15) is 0 Å². The van der Waals surface area contributed by atoms with Gasteiger partial charge in [0.05, 0.1) is 6.61 Å². The molecule has 0 spiro atoms. The van der Waals surface area contributed by atoms with Crippen LogP contribution in [0.4, 0.5) is 0 Å². The summed E-state index contributed by atoms with van der Waals surface area (Å²) in [6.45, 7) is 6.81. The highest BCUT2D eigenvalue weighted by Crippen LogP contribution is 2.12. The number of ether oxygens (including phenoxy) is 1. The second-order valence-corrected chi connectivity index (χ2v) is 3.56. The van der Waals surface area contributed by atoms with E-state index < -0.39 is 0 Å². The molecule has 0 radical (unpaired) electrons. The number of carbonyl (C=O) groups is 1. The number of hydrogen-bond acceptors (Lipinski definition) is 2. The SMILES string of the molecule is CCOC(=O)CCCCC(C)CC. The monoisotopic (exact) mass is 186 g/mol. The summed E-state index contributed by atoms with van der Waals surface area (Å²) >= 11 is 0. The van der Waals surface area contributed by atoms with Gasteiger partial charge in [-0.3, -0.25) is 4.79 Å². The van der Waals surface area contributed by atoms with Gasteiger partial charge < -0.3 is 4.74 Å². The van der Waals surface area contributed by atoms with E-state index in [0.717, 1.165) is 18.8 Å². The lowest BCUT2D eigenvalue weighted by Gasteiger charge is -2.06. The van der Waals surface area contributed by atoms with Crippen molar-refractivity contribution >= 4 is 5.97 Å². The highest BCUT2D eigenvalue weighted by molar-refractivity contribution is 5.69. The van der Waals surface area contributed by atoms with E-state index in [2.05, 4.69) is 13.8 Å². The van der Waals surface area contributed by atoms with Crippen molar-refractivity contribution in [3.63, 3.8) is 0 Å². The van der Waals surface area contributed by atoms with Gasteiger partial charge in [-0.2, -0.15) is 0 Å². The Balaban J connectivity index is 3.20. The zero-order valence-corrected chi connectivity index (χ0v) is 9.14. The molecule has 0 rings (SSSR count). The number of hydrogen-bond donors (Lipinski definition) is 0. The molecule has 1 unspecified atom stereocenters. The van der Waals surface area contributed by atoms with Gasteiger partial charge in [-0.25, -0.2) is 0 Å². The first kappa shape index (κ1) is 12.5. The van der Waals surface area contributed by atoms with Gasteiger partial charge >= 0.3 is 5.97 Å². The Hall–Kier alpha value is -0.530. The standard InChI is InChI=1S/C11H22O2/c1-4-10(3)8-6-7-9-11(12)13-5-2/h10H,4-9H2,1-3H3. The Bertz CT molecular complexity index is 132. The van der Waals surface area contributed by atoms with E-state index in [4.69, 9.17) is 4.74 Å². The van der Waals surface area contributed by atoms with Crippen LogP contribution in [0.15, 0.2) is 0 Å². The molecule has 0 heterocycles. The minimum Gasteiger partial charge on any atom is -0.466 e. The van der Waals surface area contributed by atoms with Crippen molar-refractivity contribution in [2.45, 2.75) is 52.9 Å². The van der Waals surface area contributed by atoms with Crippen LogP contribution in [0, 0.1) is 5.92 Å². The zero-order chi connectivity index (χ0) is 10.1. The van der Waals surface area contributed by atoms with Crippen molar-refractivity contribution in [1.82, 2.24) is 0 Å². The van der Waals surface area contributed by atoms with E-state index in [0.29, 0.717) is 13.0 Å². The van der Waals surface area contributed by atoms with Crippen molar-refractivity contribution in [3.8, 4) is 0 Å². The molecule has 0 amide bonds. The maximum atomic E-state index is 10.9.